The Labute approximate surface area is 142 Å². The van der Waals surface area contributed by atoms with Crippen LogP contribution in [-0.4, -0.2) is 18.8 Å². The van der Waals surface area contributed by atoms with Crippen LogP contribution in [0.1, 0.15) is 35.8 Å². The van der Waals surface area contributed by atoms with Crippen molar-refractivity contribution in [1.82, 2.24) is 4.57 Å². The van der Waals surface area contributed by atoms with Gasteiger partial charge >= 0.3 is 0 Å². The predicted octanol–water partition coefficient (Wildman–Crippen LogP) is 4.72. The van der Waals surface area contributed by atoms with Crippen LogP contribution in [-0.2, 0) is 17.7 Å². The Morgan fingerprint density at radius 1 is 1.04 bits per heavy atom. The first kappa shape index (κ1) is 15.3. The lowest BCUT2D eigenvalue weighted by Gasteiger charge is -2.23. The zero-order chi connectivity index (χ0) is 16.5. The number of benzene rings is 2. The van der Waals surface area contributed by atoms with E-state index in [1.54, 1.807) is 7.11 Å². The Kier molecular flexibility index (Phi) is 4.03. The Morgan fingerprint density at radius 2 is 1.83 bits per heavy atom. The molecule has 0 spiro atoms. The molecule has 0 radical (unpaired) electrons. The third-order valence-corrected chi connectivity index (χ3v) is 5.11. The highest BCUT2D eigenvalue weighted by Gasteiger charge is 2.27. The first-order valence-electron chi connectivity index (χ1n) is 8.57. The summed E-state index contributed by atoms with van der Waals surface area (Å²) < 4.78 is 13.5. The van der Waals surface area contributed by atoms with Gasteiger partial charge < -0.3 is 14.0 Å². The topological polar surface area (TPSA) is 23.4 Å². The Hall–Kier alpha value is -2.26. The van der Waals surface area contributed by atoms with Gasteiger partial charge in [-0.1, -0.05) is 30.3 Å². The summed E-state index contributed by atoms with van der Waals surface area (Å²) in [5.41, 5.74) is 5.43. The van der Waals surface area contributed by atoms with Crippen molar-refractivity contribution in [2.75, 3.05) is 14.2 Å². The summed E-state index contributed by atoms with van der Waals surface area (Å²) in [6.45, 7) is 0.885. The highest BCUT2D eigenvalue weighted by molar-refractivity contribution is 5.86. The minimum Gasteiger partial charge on any atom is -0.497 e. The van der Waals surface area contributed by atoms with Gasteiger partial charge in [0.2, 0.25) is 0 Å². The molecule has 2 aromatic carbocycles. The van der Waals surface area contributed by atoms with Crippen molar-refractivity contribution in [3.05, 3.63) is 65.4 Å². The standard InChI is InChI=1S/C21H23NO2/c1-23-16-12-10-15(11-13-16)14-22-18-7-4-3-6-17(18)21-19(22)8-5-9-20(21)24-2/h3-4,6-7,10-13,20H,5,8-9,14H2,1-2H3. The van der Waals surface area contributed by atoms with Gasteiger partial charge in [0.15, 0.2) is 0 Å². The molecule has 3 nitrogen and oxygen atoms in total. The first-order valence-corrected chi connectivity index (χ1v) is 8.57. The summed E-state index contributed by atoms with van der Waals surface area (Å²) in [5, 5.41) is 1.34. The molecule has 1 unspecified atom stereocenters. The van der Waals surface area contributed by atoms with Crippen molar-refractivity contribution in [2.24, 2.45) is 0 Å². The molecular formula is C21H23NO2. The minimum absolute atomic E-state index is 0.218. The van der Waals surface area contributed by atoms with Crippen LogP contribution < -0.4 is 4.74 Å². The third-order valence-electron chi connectivity index (χ3n) is 5.11. The number of hydrogen-bond donors (Lipinski definition) is 0. The van der Waals surface area contributed by atoms with Crippen molar-refractivity contribution in [3.8, 4) is 5.75 Å². The van der Waals surface area contributed by atoms with E-state index in [9.17, 15) is 0 Å². The zero-order valence-electron chi connectivity index (χ0n) is 14.3. The maximum atomic E-state index is 5.79. The van der Waals surface area contributed by atoms with Crippen LogP contribution in [0.5, 0.6) is 5.75 Å². The molecule has 3 aromatic rings. The van der Waals surface area contributed by atoms with Crippen molar-refractivity contribution in [2.45, 2.75) is 31.9 Å². The van der Waals surface area contributed by atoms with E-state index in [0.717, 1.165) is 25.1 Å². The van der Waals surface area contributed by atoms with Crippen LogP contribution in [0, 0.1) is 0 Å². The van der Waals surface area contributed by atoms with Gasteiger partial charge in [0.25, 0.3) is 0 Å². The number of ether oxygens (including phenoxy) is 2. The molecule has 1 atom stereocenters. The molecule has 0 N–H and O–H groups in total. The fourth-order valence-corrected chi connectivity index (χ4v) is 3.94. The smallest absolute Gasteiger partial charge is 0.118 e. The van der Waals surface area contributed by atoms with E-state index in [1.807, 2.05) is 19.2 Å². The molecule has 24 heavy (non-hydrogen) atoms. The highest BCUT2D eigenvalue weighted by Crippen LogP contribution is 2.39. The van der Waals surface area contributed by atoms with E-state index in [4.69, 9.17) is 9.47 Å². The Balaban J connectivity index is 1.82. The van der Waals surface area contributed by atoms with Crippen molar-refractivity contribution in [3.63, 3.8) is 0 Å². The van der Waals surface area contributed by atoms with E-state index in [-0.39, 0.29) is 6.10 Å². The van der Waals surface area contributed by atoms with Gasteiger partial charge in [-0.2, -0.15) is 0 Å². The molecule has 0 aliphatic heterocycles. The van der Waals surface area contributed by atoms with Crippen LogP contribution >= 0.6 is 0 Å². The fourth-order valence-electron chi connectivity index (χ4n) is 3.94. The monoisotopic (exact) mass is 321 g/mol. The van der Waals surface area contributed by atoms with E-state index >= 15 is 0 Å². The minimum atomic E-state index is 0.218. The van der Waals surface area contributed by atoms with Crippen LogP contribution in [0.4, 0.5) is 0 Å². The predicted molar refractivity (Wildman–Crippen MR) is 96.7 cm³/mol. The van der Waals surface area contributed by atoms with E-state index in [1.165, 1.54) is 34.1 Å². The summed E-state index contributed by atoms with van der Waals surface area (Å²) in [6, 6.07) is 17.1. The van der Waals surface area contributed by atoms with Crippen LogP contribution in [0.15, 0.2) is 48.5 Å². The summed E-state index contributed by atoms with van der Waals surface area (Å²) in [7, 11) is 3.53. The number of nitrogens with zero attached hydrogens (tertiary/aromatic N) is 1. The number of methoxy groups -OCH3 is 2. The van der Waals surface area contributed by atoms with Crippen molar-refractivity contribution in [1.29, 1.82) is 0 Å². The molecule has 0 amide bonds. The molecule has 124 valence electrons. The summed E-state index contributed by atoms with van der Waals surface area (Å²) in [5.74, 6) is 0.901. The van der Waals surface area contributed by atoms with Gasteiger partial charge in [0, 0.05) is 35.8 Å². The molecule has 0 bridgehead atoms. The second-order valence-electron chi connectivity index (χ2n) is 6.43. The van der Waals surface area contributed by atoms with E-state index < -0.39 is 0 Å². The number of para-hydroxylation sites is 1. The second-order valence-corrected chi connectivity index (χ2v) is 6.43. The molecule has 1 heterocycles. The van der Waals surface area contributed by atoms with Gasteiger partial charge in [-0.3, -0.25) is 0 Å². The lowest BCUT2D eigenvalue weighted by Crippen LogP contribution is -2.14. The molecule has 0 fully saturated rings. The average molecular weight is 321 g/mol. The van der Waals surface area contributed by atoms with Crippen LogP contribution in [0.25, 0.3) is 10.9 Å². The Morgan fingerprint density at radius 3 is 2.58 bits per heavy atom. The largest absolute Gasteiger partial charge is 0.497 e. The van der Waals surface area contributed by atoms with Gasteiger partial charge in [-0.25, -0.2) is 0 Å². The van der Waals surface area contributed by atoms with E-state index in [0.29, 0.717) is 0 Å². The number of rotatable bonds is 4. The summed E-state index contributed by atoms with van der Waals surface area (Å²) in [6.07, 6.45) is 3.64. The maximum absolute atomic E-state index is 5.79. The lowest BCUT2D eigenvalue weighted by molar-refractivity contribution is 0.0887. The molecule has 1 aliphatic carbocycles. The number of hydrogen-bond acceptors (Lipinski definition) is 2. The fraction of sp³-hybridized carbons (Fsp3) is 0.333. The van der Waals surface area contributed by atoms with Crippen molar-refractivity contribution < 1.29 is 9.47 Å². The Bertz CT molecular complexity index is 848. The first-order chi connectivity index (χ1) is 11.8. The molecule has 1 aromatic heterocycles. The average Bonchev–Trinajstić information content (AvgIpc) is 2.97. The van der Waals surface area contributed by atoms with Crippen molar-refractivity contribution >= 4 is 10.9 Å². The van der Waals surface area contributed by atoms with Gasteiger partial charge in [-0.05, 0) is 43.0 Å². The molecule has 4 rings (SSSR count). The number of fused-ring (bicyclic) bond motifs is 3. The molecule has 0 saturated heterocycles. The highest BCUT2D eigenvalue weighted by atomic mass is 16.5. The van der Waals surface area contributed by atoms with Gasteiger partial charge in [0.05, 0.1) is 13.2 Å². The van der Waals surface area contributed by atoms with E-state index in [2.05, 4.69) is 41.0 Å². The van der Waals surface area contributed by atoms with Crippen LogP contribution in [0.2, 0.25) is 0 Å². The maximum Gasteiger partial charge on any atom is 0.118 e. The lowest BCUT2D eigenvalue weighted by atomic mass is 9.92. The quantitative estimate of drug-likeness (QED) is 0.694. The van der Waals surface area contributed by atoms with Gasteiger partial charge in [-0.15, -0.1) is 0 Å². The third kappa shape index (κ3) is 2.49. The zero-order valence-corrected chi connectivity index (χ0v) is 14.3. The second kappa shape index (κ2) is 6.33. The normalized spacial score (nSPS) is 17.0. The van der Waals surface area contributed by atoms with Gasteiger partial charge in [0.1, 0.15) is 5.75 Å². The summed E-state index contributed by atoms with van der Waals surface area (Å²) >= 11 is 0. The van der Waals surface area contributed by atoms with Crippen LogP contribution in [0.3, 0.4) is 0 Å². The SMILES string of the molecule is COc1ccc(Cn2c3c(c4ccccc42)C(OC)CCC3)cc1. The molecule has 0 saturated carbocycles. The summed E-state index contributed by atoms with van der Waals surface area (Å²) in [4.78, 5) is 0. The molecule has 1 aliphatic rings. The molecular weight excluding hydrogens is 298 g/mol. The number of aromatic nitrogens is 1. The molecule has 3 heteroatoms.